The Labute approximate surface area is 184 Å². The van der Waals surface area contributed by atoms with E-state index in [-0.39, 0.29) is 17.8 Å². The van der Waals surface area contributed by atoms with Crippen LogP contribution in [0.15, 0.2) is 45.5 Å². The summed E-state index contributed by atoms with van der Waals surface area (Å²) in [5.41, 5.74) is 3.04. The first-order valence-electron chi connectivity index (χ1n) is 10.7. The Morgan fingerprint density at radius 2 is 2.12 bits per heavy atom. The second kappa shape index (κ2) is 8.18. The van der Waals surface area contributed by atoms with Gasteiger partial charge in [0.25, 0.3) is 11.6 Å². The number of pyridine rings is 1. The van der Waals surface area contributed by atoms with Crippen molar-refractivity contribution in [2.45, 2.75) is 45.6 Å². The van der Waals surface area contributed by atoms with Crippen molar-refractivity contribution in [1.29, 1.82) is 0 Å². The van der Waals surface area contributed by atoms with Crippen LogP contribution in [-0.4, -0.2) is 32.5 Å². The molecular formula is C24H23FN4O3. The van der Waals surface area contributed by atoms with Crippen LogP contribution in [0.5, 0.6) is 0 Å². The molecule has 3 aromatic heterocycles. The van der Waals surface area contributed by atoms with E-state index in [0.717, 1.165) is 24.8 Å². The Morgan fingerprint density at radius 1 is 1.25 bits per heavy atom. The molecule has 32 heavy (non-hydrogen) atoms. The van der Waals surface area contributed by atoms with Crippen LogP contribution in [0.3, 0.4) is 0 Å². The zero-order valence-corrected chi connectivity index (χ0v) is 18.0. The second-order valence-corrected chi connectivity index (χ2v) is 8.24. The number of hydrogen-bond donors (Lipinski definition) is 0. The van der Waals surface area contributed by atoms with Crippen molar-refractivity contribution in [3.05, 3.63) is 76.5 Å². The number of aromatic nitrogens is 3. The van der Waals surface area contributed by atoms with Crippen LogP contribution >= 0.6 is 0 Å². The average molecular weight is 434 g/mol. The number of likely N-dealkylation sites (tertiary alicyclic amines) is 1. The summed E-state index contributed by atoms with van der Waals surface area (Å²) in [5, 5.41) is 4.63. The number of carbonyl (C=O) groups excluding carboxylic acids is 1. The molecule has 1 fully saturated rings. The minimum Gasteiger partial charge on any atom is -0.443 e. The fraction of sp³-hybridized carbons (Fsp3) is 0.333. The predicted molar refractivity (Wildman–Crippen MR) is 115 cm³/mol. The van der Waals surface area contributed by atoms with Crippen molar-refractivity contribution in [3.63, 3.8) is 0 Å². The van der Waals surface area contributed by atoms with Gasteiger partial charge in [-0.25, -0.2) is 14.4 Å². The van der Waals surface area contributed by atoms with Gasteiger partial charge < -0.3 is 13.8 Å². The molecule has 1 saturated heterocycles. The summed E-state index contributed by atoms with van der Waals surface area (Å²) in [7, 11) is 0. The van der Waals surface area contributed by atoms with E-state index >= 15 is 0 Å². The van der Waals surface area contributed by atoms with Gasteiger partial charge in [-0.05, 0) is 56.9 Å². The molecule has 0 N–H and O–H groups in total. The molecule has 1 aliphatic heterocycles. The SMILES string of the molecule is Cc1cc(C(=O)N2CCCC[C@H]2c2ncc(Cc3cccc(F)c3)o2)c2c(C)noc2n1. The van der Waals surface area contributed by atoms with Crippen molar-refractivity contribution in [2.24, 2.45) is 0 Å². The van der Waals surface area contributed by atoms with Crippen LogP contribution in [0.4, 0.5) is 4.39 Å². The van der Waals surface area contributed by atoms with E-state index in [0.29, 0.717) is 52.7 Å². The zero-order chi connectivity index (χ0) is 22.2. The minimum absolute atomic E-state index is 0.110. The summed E-state index contributed by atoms with van der Waals surface area (Å²) in [6.07, 6.45) is 4.76. The maximum atomic E-state index is 13.7. The largest absolute Gasteiger partial charge is 0.443 e. The number of nitrogens with zero attached hydrogens (tertiary/aromatic N) is 4. The van der Waals surface area contributed by atoms with Gasteiger partial charge >= 0.3 is 0 Å². The molecule has 1 atom stereocenters. The molecule has 1 amide bonds. The lowest BCUT2D eigenvalue weighted by Gasteiger charge is -2.34. The van der Waals surface area contributed by atoms with Crippen molar-refractivity contribution in [3.8, 4) is 0 Å². The fourth-order valence-corrected chi connectivity index (χ4v) is 4.38. The summed E-state index contributed by atoms with van der Waals surface area (Å²) in [6, 6.07) is 7.94. The van der Waals surface area contributed by atoms with Gasteiger partial charge in [-0.1, -0.05) is 17.3 Å². The van der Waals surface area contributed by atoms with Crippen LogP contribution in [0.25, 0.3) is 11.1 Å². The average Bonchev–Trinajstić information content (AvgIpc) is 3.39. The summed E-state index contributed by atoms with van der Waals surface area (Å²) < 4.78 is 24.8. The number of carbonyl (C=O) groups is 1. The minimum atomic E-state index is -0.283. The van der Waals surface area contributed by atoms with Crippen molar-refractivity contribution >= 4 is 17.0 Å². The summed E-state index contributed by atoms with van der Waals surface area (Å²) in [4.78, 5) is 24.3. The maximum Gasteiger partial charge on any atom is 0.258 e. The van der Waals surface area contributed by atoms with Gasteiger partial charge in [-0.3, -0.25) is 4.79 Å². The molecule has 0 saturated carbocycles. The Kier molecular flexibility index (Phi) is 5.20. The van der Waals surface area contributed by atoms with Crippen LogP contribution in [0.1, 0.15) is 64.3 Å². The van der Waals surface area contributed by atoms with E-state index in [4.69, 9.17) is 8.94 Å². The van der Waals surface area contributed by atoms with Gasteiger partial charge in [0.15, 0.2) is 0 Å². The third-order valence-electron chi connectivity index (χ3n) is 5.86. The quantitative estimate of drug-likeness (QED) is 0.453. The number of halogens is 1. The number of piperidine rings is 1. The van der Waals surface area contributed by atoms with Gasteiger partial charge in [0.05, 0.1) is 22.8 Å². The van der Waals surface area contributed by atoms with E-state index in [1.165, 1.54) is 12.1 Å². The predicted octanol–water partition coefficient (Wildman–Crippen LogP) is 4.92. The van der Waals surface area contributed by atoms with Crippen LogP contribution in [0, 0.1) is 19.7 Å². The molecule has 4 aromatic rings. The van der Waals surface area contributed by atoms with E-state index in [1.807, 2.05) is 17.9 Å². The standard InChI is InChI=1S/C24H23FN4O3/c1-14-10-19(21-15(2)28-32-23(21)27-14)24(30)29-9-4-3-8-20(29)22-26-13-18(31-22)12-16-6-5-7-17(25)11-16/h5-7,10-11,13,20H,3-4,8-9,12H2,1-2H3/t20-/m0/s1. The lowest BCUT2D eigenvalue weighted by molar-refractivity contribution is 0.0572. The lowest BCUT2D eigenvalue weighted by Crippen LogP contribution is -2.38. The first-order valence-corrected chi connectivity index (χ1v) is 10.7. The molecule has 1 aromatic carbocycles. The molecule has 8 heteroatoms. The van der Waals surface area contributed by atoms with E-state index in [2.05, 4.69) is 15.1 Å². The molecular weight excluding hydrogens is 411 g/mol. The molecule has 4 heterocycles. The number of aryl methyl sites for hydroxylation is 2. The molecule has 0 spiro atoms. The second-order valence-electron chi connectivity index (χ2n) is 8.24. The third kappa shape index (κ3) is 3.77. The molecule has 164 valence electrons. The highest BCUT2D eigenvalue weighted by atomic mass is 19.1. The van der Waals surface area contributed by atoms with Crippen LogP contribution < -0.4 is 0 Å². The van der Waals surface area contributed by atoms with Crippen molar-refractivity contribution in [1.82, 2.24) is 20.0 Å². The smallest absolute Gasteiger partial charge is 0.258 e. The third-order valence-corrected chi connectivity index (χ3v) is 5.86. The van der Waals surface area contributed by atoms with Gasteiger partial charge in [-0.2, -0.15) is 0 Å². The van der Waals surface area contributed by atoms with Gasteiger partial charge in [0.1, 0.15) is 17.6 Å². The van der Waals surface area contributed by atoms with E-state index < -0.39 is 0 Å². The fourth-order valence-electron chi connectivity index (χ4n) is 4.38. The highest BCUT2D eigenvalue weighted by Gasteiger charge is 2.33. The first kappa shape index (κ1) is 20.4. The van der Waals surface area contributed by atoms with Crippen molar-refractivity contribution < 1.29 is 18.1 Å². The van der Waals surface area contributed by atoms with Gasteiger partial charge in [0.2, 0.25) is 5.89 Å². The number of amides is 1. The molecule has 0 radical (unpaired) electrons. The van der Waals surface area contributed by atoms with Gasteiger partial charge in [-0.15, -0.1) is 0 Å². The highest BCUT2D eigenvalue weighted by Crippen LogP contribution is 2.34. The lowest BCUT2D eigenvalue weighted by atomic mass is 9.99. The number of fused-ring (bicyclic) bond motifs is 1. The Balaban J connectivity index is 1.45. The molecule has 0 unspecified atom stereocenters. The zero-order valence-electron chi connectivity index (χ0n) is 18.0. The van der Waals surface area contributed by atoms with E-state index in [1.54, 1.807) is 25.3 Å². The molecule has 7 nitrogen and oxygen atoms in total. The van der Waals surface area contributed by atoms with Crippen LogP contribution in [0.2, 0.25) is 0 Å². The topological polar surface area (TPSA) is 85.3 Å². The maximum absolute atomic E-state index is 13.7. The molecule has 0 aliphatic carbocycles. The summed E-state index contributed by atoms with van der Waals surface area (Å²) in [6.45, 7) is 4.24. The number of hydrogen-bond acceptors (Lipinski definition) is 6. The normalized spacial score (nSPS) is 16.6. The van der Waals surface area contributed by atoms with E-state index in [9.17, 15) is 9.18 Å². The Bertz CT molecular complexity index is 1300. The summed E-state index contributed by atoms with van der Waals surface area (Å²) in [5.74, 6) is 0.754. The Hall–Kier alpha value is -3.55. The molecule has 5 rings (SSSR count). The Morgan fingerprint density at radius 3 is 2.97 bits per heavy atom. The first-order chi connectivity index (χ1) is 15.5. The van der Waals surface area contributed by atoms with Gasteiger partial charge in [0, 0.05) is 18.7 Å². The van der Waals surface area contributed by atoms with Crippen molar-refractivity contribution in [2.75, 3.05) is 6.54 Å². The number of oxazole rings is 1. The molecule has 1 aliphatic rings. The molecule has 0 bridgehead atoms. The van der Waals surface area contributed by atoms with Crippen LogP contribution in [-0.2, 0) is 6.42 Å². The highest BCUT2D eigenvalue weighted by molar-refractivity contribution is 6.06. The summed E-state index contributed by atoms with van der Waals surface area (Å²) >= 11 is 0. The number of benzene rings is 1. The monoisotopic (exact) mass is 434 g/mol. The number of rotatable bonds is 4.